The highest BCUT2D eigenvalue weighted by molar-refractivity contribution is 5.94. The monoisotopic (exact) mass is 304 g/mol. The maximum absolute atomic E-state index is 12.2. The van der Waals surface area contributed by atoms with Crippen LogP contribution in [0.4, 0.5) is 4.79 Å². The van der Waals surface area contributed by atoms with Gasteiger partial charge in [-0.25, -0.2) is 4.79 Å². The van der Waals surface area contributed by atoms with Crippen LogP contribution < -0.4 is 5.32 Å². The summed E-state index contributed by atoms with van der Waals surface area (Å²) >= 11 is 0. The van der Waals surface area contributed by atoms with Crippen LogP contribution in [0.2, 0.25) is 0 Å². The van der Waals surface area contributed by atoms with E-state index in [0.717, 1.165) is 12.8 Å². The average molecular weight is 304 g/mol. The van der Waals surface area contributed by atoms with E-state index in [1.165, 1.54) is 0 Å². The number of ether oxygens (including phenoxy) is 1. The molecule has 0 saturated carbocycles. The summed E-state index contributed by atoms with van der Waals surface area (Å²) < 4.78 is 5.42. The van der Waals surface area contributed by atoms with Crippen LogP contribution in [-0.4, -0.2) is 41.6 Å². The summed E-state index contributed by atoms with van der Waals surface area (Å²) in [5.41, 5.74) is 0.127. The topological polar surface area (TPSA) is 58.6 Å². The van der Waals surface area contributed by atoms with Gasteiger partial charge in [0.1, 0.15) is 5.60 Å². The van der Waals surface area contributed by atoms with E-state index in [2.05, 4.69) is 5.32 Å². The molecule has 1 aromatic rings. The SMILES string of the molecule is CC(C)(C)OC(=O)N1CCCC1CNC(=O)c1ccccc1. The Morgan fingerprint density at radius 1 is 1.27 bits per heavy atom. The van der Waals surface area contributed by atoms with Gasteiger partial charge in [0, 0.05) is 18.7 Å². The molecule has 2 amide bonds. The van der Waals surface area contributed by atoms with Gasteiger partial charge in [-0.2, -0.15) is 0 Å². The van der Waals surface area contributed by atoms with Gasteiger partial charge in [0.05, 0.1) is 6.04 Å². The van der Waals surface area contributed by atoms with Crippen molar-refractivity contribution in [3.63, 3.8) is 0 Å². The van der Waals surface area contributed by atoms with E-state index in [-0.39, 0.29) is 18.0 Å². The number of nitrogens with one attached hydrogen (secondary N) is 1. The third kappa shape index (κ3) is 4.48. The van der Waals surface area contributed by atoms with Crippen molar-refractivity contribution in [3.05, 3.63) is 35.9 Å². The molecule has 1 aliphatic heterocycles. The smallest absolute Gasteiger partial charge is 0.410 e. The van der Waals surface area contributed by atoms with E-state index >= 15 is 0 Å². The van der Waals surface area contributed by atoms with Gasteiger partial charge in [-0.05, 0) is 45.7 Å². The Morgan fingerprint density at radius 3 is 2.59 bits per heavy atom. The van der Waals surface area contributed by atoms with E-state index in [1.54, 1.807) is 17.0 Å². The second-order valence-corrected chi connectivity index (χ2v) is 6.55. The zero-order chi connectivity index (χ0) is 16.2. The summed E-state index contributed by atoms with van der Waals surface area (Å²) in [6.07, 6.45) is 1.52. The zero-order valence-electron chi connectivity index (χ0n) is 13.5. The van der Waals surface area contributed by atoms with Gasteiger partial charge in [-0.1, -0.05) is 18.2 Å². The van der Waals surface area contributed by atoms with Crippen molar-refractivity contribution in [1.29, 1.82) is 0 Å². The first-order chi connectivity index (χ1) is 10.4. The maximum atomic E-state index is 12.2. The Bertz CT molecular complexity index is 522. The Kier molecular flexibility index (Phi) is 5.06. The lowest BCUT2D eigenvalue weighted by molar-refractivity contribution is 0.0225. The van der Waals surface area contributed by atoms with Crippen LogP contribution >= 0.6 is 0 Å². The first-order valence-electron chi connectivity index (χ1n) is 7.70. The van der Waals surface area contributed by atoms with Crippen LogP contribution in [0.1, 0.15) is 44.0 Å². The molecule has 1 fully saturated rings. The number of carbonyl (C=O) groups is 2. The molecule has 1 saturated heterocycles. The molecule has 1 aromatic carbocycles. The van der Waals surface area contributed by atoms with Crippen molar-refractivity contribution in [2.45, 2.75) is 45.3 Å². The minimum atomic E-state index is -0.502. The number of carbonyl (C=O) groups excluding carboxylic acids is 2. The van der Waals surface area contributed by atoms with Gasteiger partial charge < -0.3 is 15.0 Å². The van der Waals surface area contributed by atoms with Crippen molar-refractivity contribution in [3.8, 4) is 0 Å². The van der Waals surface area contributed by atoms with Crippen molar-refractivity contribution in [1.82, 2.24) is 10.2 Å². The van der Waals surface area contributed by atoms with Crippen molar-refractivity contribution in [2.75, 3.05) is 13.1 Å². The fourth-order valence-corrected chi connectivity index (χ4v) is 2.51. The van der Waals surface area contributed by atoms with Crippen LogP contribution in [0, 0.1) is 0 Å². The third-order valence-corrected chi connectivity index (χ3v) is 3.54. The molecule has 2 rings (SSSR count). The van der Waals surface area contributed by atoms with E-state index in [4.69, 9.17) is 4.74 Å². The van der Waals surface area contributed by atoms with Crippen LogP contribution in [0.15, 0.2) is 30.3 Å². The highest BCUT2D eigenvalue weighted by Gasteiger charge is 2.32. The standard InChI is InChI=1S/C17H24N2O3/c1-17(2,3)22-16(21)19-11-7-10-14(19)12-18-15(20)13-8-5-4-6-9-13/h4-6,8-9,14H,7,10-12H2,1-3H3,(H,18,20). The summed E-state index contributed by atoms with van der Waals surface area (Å²) in [6, 6.07) is 9.08. The summed E-state index contributed by atoms with van der Waals surface area (Å²) in [4.78, 5) is 26.0. The summed E-state index contributed by atoms with van der Waals surface area (Å²) in [6.45, 7) is 6.70. The number of benzene rings is 1. The van der Waals surface area contributed by atoms with Gasteiger partial charge in [-0.15, -0.1) is 0 Å². The molecule has 0 bridgehead atoms. The quantitative estimate of drug-likeness (QED) is 0.934. The zero-order valence-corrected chi connectivity index (χ0v) is 13.5. The highest BCUT2D eigenvalue weighted by atomic mass is 16.6. The lowest BCUT2D eigenvalue weighted by atomic mass is 10.2. The van der Waals surface area contributed by atoms with Crippen LogP contribution in [0.25, 0.3) is 0 Å². The molecule has 0 aliphatic carbocycles. The molecule has 5 nitrogen and oxygen atoms in total. The third-order valence-electron chi connectivity index (χ3n) is 3.54. The summed E-state index contributed by atoms with van der Waals surface area (Å²) in [5.74, 6) is -0.114. The van der Waals surface area contributed by atoms with E-state index in [0.29, 0.717) is 18.7 Å². The maximum Gasteiger partial charge on any atom is 0.410 e. The minimum Gasteiger partial charge on any atom is -0.444 e. The van der Waals surface area contributed by atoms with E-state index in [9.17, 15) is 9.59 Å². The Balaban J connectivity index is 1.89. The molecular formula is C17H24N2O3. The first kappa shape index (κ1) is 16.3. The van der Waals surface area contributed by atoms with Crippen molar-refractivity contribution >= 4 is 12.0 Å². The number of amides is 2. The molecule has 22 heavy (non-hydrogen) atoms. The second kappa shape index (κ2) is 6.81. The number of hydrogen-bond donors (Lipinski definition) is 1. The van der Waals surface area contributed by atoms with Gasteiger partial charge >= 0.3 is 6.09 Å². The molecule has 120 valence electrons. The van der Waals surface area contributed by atoms with Crippen molar-refractivity contribution < 1.29 is 14.3 Å². The summed E-state index contributed by atoms with van der Waals surface area (Å²) in [7, 11) is 0. The predicted molar refractivity (Wildman–Crippen MR) is 84.7 cm³/mol. The van der Waals surface area contributed by atoms with E-state index in [1.807, 2.05) is 39.0 Å². The molecule has 0 spiro atoms. The molecule has 1 N–H and O–H groups in total. The molecule has 1 atom stereocenters. The number of rotatable bonds is 3. The normalized spacial score (nSPS) is 18.1. The fourth-order valence-electron chi connectivity index (χ4n) is 2.51. The number of hydrogen-bond acceptors (Lipinski definition) is 3. The van der Waals surface area contributed by atoms with Crippen LogP contribution in [0.5, 0.6) is 0 Å². The molecule has 1 heterocycles. The average Bonchev–Trinajstić information content (AvgIpc) is 2.92. The second-order valence-electron chi connectivity index (χ2n) is 6.55. The van der Waals surface area contributed by atoms with E-state index < -0.39 is 5.60 Å². The molecule has 5 heteroatoms. The Labute approximate surface area is 131 Å². The lowest BCUT2D eigenvalue weighted by Gasteiger charge is -2.28. The number of likely N-dealkylation sites (tertiary alicyclic amines) is 1. The molecule has 0 radical (unpaired) electrons. The Hall–Kier alpha value is -2.04. The molecule has 1 aliphatic rings. The molecular weight excluding hydrogens is 280 g/mol. The minimum absolute atomic E-state index is 0.00233. The van der Waals surface area contributed by atoms with Gasteiger partial charge in [0.25, 0.3) is 5.91 Å². The summed E-state index contributed by atoms with van der Waals surface area (Å²) in [5, 5.41) is 2.90. The Morgan fingerprint density at radius 2 is 1.95 bits per heavy atom. The fraction of sp³-hybridized carbons (Fsp3) is 0.529. The lowest BCUT2D eigenvalue weighted by Crippen LogP contribution is -2.45. The van der Waals surface area contributed by atoms with Gasteiger partial charge in [0.2, 0.25) is 0 Å². The van der Waals surface area contributed by atoms with Crippen LogP contribution in [-0.2, 0) is 4.74 Å². The van der Waals surface area contributed by atoms with Gasteiger partial charge in [-0.3, -0.25) is 4.79 Å². The predicted octanol–water partition coefficient (Wildman–Crippen LogP) is 2.82. The van der Waals surface area contributed by atoms with Crippen molar-refractivity contribution in [2.24, 2.45) is 0 Å². The number of nitrogens with zero attached hydrogens (tertiary/aromatic N) is 1. The van der Waals surface area contributed by atoms with Gasteiger partial charge in [0.15, 0.2) is 0 Å². The largest absolute Gasteiger partial charge is 0.444 e. The highest BCUT2D eigenvalue weighted by Crippen LogP contribution is 2.20. The van der Waals surface area contributed by atoms with Crippen LogP contribution in [0.3, 0.4) is 0 Å². The first-order valence-corrected chi connectivity index (χ1v) is 7.70. The molecule has 1 unspecified atom stereocenters. The molecule has 0 aromatic heterocycles.